The summed E-state index contributed by atoms with van der Waals surface area (Å²) in [4.78, 5) is 14.7. The van der Waals surface area contributed by atoms with E-state index in [4.69, 9.17) is 4.74 Å². The van der Waals surface area contributed by atoms with Crippen LogP contribution in [-0.4, -0.2) is 23.5 Å². The molecule has 147 valence electrons. The second-order valence-electron chi connectivity index (χ2n) is 7.17. The van der Waals surface area contributed by atoms with E-state index in [9.17, 15) is 9.90 Å². The predicted molar refractivity (Wildman–Crippen MR) is 108 cm³/mol. The van der Waals surface area contributed by atoms with Gasteiger partial charge in [0.1, 0.15) is 0 Å². The van der Waals surface area contributed by atoms with E-state index >= 15 is 0 Å². The first-order chi connectivity index (χ1) is 13.1. The van der Waals surface area contributed by atoms with Gasteiger partial charge in [0, 0.05) is 51.4 Å². The maximum Gasteiger partial charge on any atom is 0.157 e. The van der Waals surface area contributed by atoms with Crippen molar-refractivity contribution in [2.75, 3.05) is 11.4 Å². The normalized spacial score (nSPS) is 17.3. The van der Waals surface area contributed by atoms with E-state index in [0.29, 0.717) is 18.6 Å². The third-order valence-electron chi connectivity index (χ3n) is 5.28. The summed E-state index contributed by atoms with van der Waals surface area (Å²) in [6.45, 7) is 2.85. The molecule has 3 rings (SSSR count). The fourth-order valence-corrected chi connectivity index (χ4v) is 3.70. The molecular formula is C23H28NO3Y-. The second-order valence-corrected chi connectivity index (χ2v) is 7.17. The number of benzene rings is 2. The zero-order valence-electron chi connectivity index (χ0n) is 16.5. The van der Waals surface area contributed by atoms with E-state index in [1.807, 2.05) is 48.5 Å². The molecule has 0 bridgehead atoms. The smallest absolute Gasteiger partial charge is 0.157 e. The standard InChI is InChI=1S/C23H28NO3.Y/c1-3-4-8-22(25)18-9-11-19(12-10-18)24-14-13-23(26)21(24)16-17-6-5-7-20(15-17)27-2;/h5-7,9-12,15,21-22,25H,2-4,8,13-14,16H2,1H3;/q-1;. The van der Waals surface area contributed by atoms with Crippen LogP contribution in [0.4, 0.5) is 5.69 Å². The summed E-state index contributed by atoms with van der Waals surface area (Å²) in [6, 6.07) is 15.6. The van der Waals surface area contributed by atoms with Gasteiger partial charge in [0.25, 0.3) is 0 Å². The quantitative estimate of drug-likeness (QED) is 0.597. The van der Waals surface area contributed by atoms with Gasteiger partial charge in [0.15, 0.2) is 5.78 Å². The number of hydrogen-bond donors (Lipinski definition) is 1. The van der Waals surface area contributed by atoms with E-state index in [2.05, 4.69) is 18.9 Å². The summed E-state index contributed by atoms with van der Waals surface area (Å²) in [5.74, 6) is 0.970. The van der Waals surface area contributed by atoms with Gasteiger partial charge in [0.05, 0.1) is 17.9 Å². The Kier molecular flexibility index (Phi) is 9.13. The number of ether oxygens (including phenoxy) is 1. The number of anilines is 1. The van der Waals surface area contributed by atoms with E-state index < -0.39 is 6.10 Å². The maximum absolute atomic E-state index is 12.5. The van der Waals surface area contributed by atoms with Gasteiger partial charge >= 0.3 is 0 Å². The van der Waals surface area contributed by atoms with Crippen LogP contribution in [-0.2, 0) is 43.9 Å². The average molecular weight is 455 g/mol. The van der Waals surface area contributed by atoms with Gasteiger partial charge in [-0.05, 0) is 48.2 Å². The molecule has 2 unspecified atom stereocenters. The Labute approximate surface area is 193 Å². The van der Waals surface area contributed by atoms with Crippen molar-refractivity contribution in [2.45, 2.75) is 51.2 Å². The van der Waals surface area contributed by atoms with Crippen molar-refractivity contribution in [3.63, 3.8) is 0 Å². The number of nitrogens with zero attached hydrogens (tertiary/aromatic N) is 1. The molecule has 2 atom stereocenters. The van der Waals surface area contributed by atoms with E-state index in [1.165, 1.54) is 0 Å². The van der Waals surface area contributed by atoms with Crippen LogP contribution >= 0.6 is 0 Å². The minimum atomic E-state index is -0.416. The Bertz CT molecular complexity index is 763. The fourth-order valence-electron chi connectivity index (χ4n) is 3.70. The van der Waals surface area contributed by atoms with Crippen LogP contribution in [0.3, 0.4) is 0 Å². The topological polar surface area (TPSA) is 49.8 Å². The molecule has 1 N–H and O–H groups in total. The molecule has 0 amide bonds. The Morgan fingerprint density at radius 3 is 2.68 bits per heavy atom. The molecule has 1 fully saturated rings. The van der Waals surface area contributed by atoms with E-state index in [1.54, 1.807) is 0 Å². The van der Waals surface area contributed by atoms with Gasteiger partial charge < -0.3 is 14.7 Å². The van der Waals surface area contributed by atoms with Crippen molar-refractivity contribution in [1.82, 2.24) is 0 Å². The zero-order chi connectivity index (χ0) is 19.2. The van der Waals surface area contributed by atoms with Crippen LogP contribution < -0.4 is 9.64 Å². The van der Waals surface area contributed by atoms with E-state index in [0.717, 1.165) is 42.6 Å². The number of carbonyl (C=O) groups is 1. The first-order valence-corrected chi connectivity index (χ1v) is 9.70. The molecule has 0 spiro atoms. The van der Waals surface area contributed by atoms with E-state index in [-0.39, 0.29) is 44.5 Å². The molecule has 1 heterocycles. The Morgan fingerprint density at radius 1 is 1.25 bits per heavy atom. The van der Waals surface area contributed by atoms with Crippen molar-refractivity contribution in [2.24, 2.45) is 0 Å². The first-order valence-electron chi connectivity index (χ1n) is 9.70. The largest absolute Gasteiger partial charge is 0.665 e. The van der Waals surface area contributed by atoms with Gasteiger partial charge in [-0.2, -0.15) is 7.11 Å². The molecule has 0 aliphatic carbocycles. The van der Waals surface area contributed by atoms with Crippen LogP contribution in [0.5, 0.6) is 5.75 Å². The summed E-state index contributed by atoms with van der Waals surface area (Å²) in [6.07, 6.45) is 3.68. The molecule has 1 radical (unpaired) electrons. The number of ketones is 1. The second kappa shape index (κ2) is 11.1. The molecule has 1 aliphatic heterocycles. The third-order valence-corrected chi connectivity index (χ3v) is 5.28. The number of hydrogen-bond acceptors (Lipinski definition) is 4. The van der Waals surface area contributed by atoms with Crippen molar-refractivity contribution in [3.05, 3.63) is 66.8 Å². The molecule has 0 aromatic heterocycles. The maximum atomic E-state index is 12.5. The molecule has 5 heteroatoms. The van der Waals surface area contributed by atoms with Crippen molar-refractivity contribution < 1.29 is 47.3 Å². The zero-order valence-corrected chi connectivity index (χ0v) is 19.3. The van der Waals surface area contributed by atoms with Crippen LogP contribution in [0.2, 0.25) is 0 Å². The van der Waals surface area contributed by atoms with Crippen LogP contribution in [0.15, 0.2) is 48.5 Å². The summed E-state index contributed by atoms with van der Waals surface area (Å²) >= 11 is 0. The van der Waals surface area contributed by atoms with Gasteiger partial charge in [-0.1, -0.05) is 44.0 Å². The molecule has 1 aliphatic rings. The molecule has 2 aromatic carbocycles. The first kappa shape index (κ1) is 23.1. The minimum Gasteiger partial charge on any atom is -0.665 e. The summed E-state index contributed by atoms with van der Waals surface area (Å²) in [5.41, 5.74) is 3.03. The summed E-state index contributed by atoms with van der Waals surface area (Å²) in [7, 11) is 3.45. The predicted octanol–water partition coefficient (Wildman–Crippen LogP) is 4.47. The summed E-state index contributed by atoms with van der Waals surface area (Å²) in [5, 5.41) is 10.3. The van der Waals surface area contributed by atoms with Crippen molar-refractivity contribution in [1.29, 1.82) is 0 Å². The number of aliphatic hydroxyl groups excluding tert-OH is 1. The number of Topliss-reactive ketones (excluding diaryl/α,β-unsaturated/α-hetero) is 1. The van der Waals surface area contributed by atoms with Gasteiger partial charge in [-0.15, -0.1) is 0 Å². The fraction of sp³-hybridized carbons (Fsp3) is 0.391. The Hall–Kier alpha value is -1.23. The molecule has 28 heavy (non-hydrogen) atoms. The Morgan fingerprint density at radius 2 is 2.00 bits per heavy atom. The van der Waals surface area contributed by atoms with Gasteiger partial charge in [-0.3, -0.25) is 4.79 Å². The number of unbranched alkanes of at least 4 members (excludes halogenated alkanes) is 1. The van der Waals surface area contributed by atoms with Gasteiger partial charge in [-0.25, -0.2) is 0 Å². The number of carbonyl (C=O) groups excluding carboxylic acids is 1. The summed E-state index contributed by atoms with van der Waals surface area (Å²) < 4.78 is 5.05. The molecule has 0 saturated carbocycles. The monoisotopic (exact) mass is 455 g/mol. The van der Waals surface area contributed by atoms with Crippen molar-refractivity contribution in [3.8, 4) is 5.75 Å². The number of aliphatic hydroxyl groups is 1. The molecular weight excluding hydrogens is 427 g/mol. The van der Waals surface area contributed by atoms with Crippen molar-refractivity contribution >= 4 is 11.5 Å². The molecule has 1 saturated heterocycles. The Balaban J connectivity index is 0.00000280. The van der Waals surface area contributed by atoms with Crippen LogP contribution in [0.25, 0.3) is 0 Å². The minimum absolute atomic E-state index is 0. The van der Waals surface area contributed by atoms with Gasteiger partial charge in [0.2, 0.25) is 0 Å². The number of rotatable bonds is 8. The molecule has 2 aromatic rings. The average Bonchev–Trinajstić information content (AvgIpc) is 3.06. The van der Waals surface area contributed by atoms with Crippen LogP contribution in [0, 0.1) is 7.11 Å². The molecule has 4 nitrogen and oxygen atoms in total. The SMILES string of the molecule is [CH2-]Oc1cccc(CC2C(=O)CCN2c2ccc(C(O)CCCC)cc2)c1.[Y]. The third kappa shape index (κ3) is 5.65. The van der Waals surface area contributed by atoms with Crippen LogP contribution in [0.1, 0.15) is 49.8 Å².